The molecule has 3 fully saturated rings. The van der Waals surface area contributed by atoms with Crippen molar-refractivity contribution in [3.05, 3.63) is 17.5 Å². The lowest BCUT2D eigenvalue weighted by Gasteiger charge is -2.31. The number of nitrogens with zero attached hydrogens (tertiary/aromatic N) is 2. The highest BCUT2D eigenvalue weighted by atomic mass is 32.2. The van der Waals surface area contributed by atoms with Crippen LogP contribution in [0.5, 0.6) is 0 Å². The van der Waals surface area contributed by atoms with Crippen molar-refractivity contribution in [3.63, 3.8) is 0 Å². The summed E-state index contributed by atoms with van der Waals surface area (Å²) in [6.07, 6.45) is 2.39. The van der Waals surface area contributed by atoms with E-state index in [-0.39, 0.29) is 5.60 Å². The molecule has 3 aliphatic rings. The van der Waals surface area contributed by atoms with Gasteiger partial charge >= 0.3 is 0 Å². The van der Waals surface area contributed by atoms with Crippen molar-refractivity contribution >= 4 is 21.4 Å². The van der Waals surface area contributed by atoms with E-state index in [1.807, 2.05) is 5.38 Å². The van der Waals surface area contributed by atoms with Gasteiger partial charge in [0.15, 0.2) is 0 Å². The lowest BCUT2D eigenvalue weighted by atomic mass is 9.73. The summed E-state index contributed by atoms with van der Waals surface area (Å²) in [6.45, 7) is 2.11. The Bertz CT molecular complexity index is 658. The van der Waals surface area contributed by atoms with Crippen molar-refractivity contribution < 1.29 is 13.2 Å². The van der Waals surface area contributed by atoms with Crippen molar-refractivity contribution in [1.82, 2.24) is 9.21 Å². The number of hydrogen-bond donors (Lipinski definition) is 0. The van der Waals surface area contributed by atoms with Crippen LogP contribution >= 0.6 is 11.3 Å². The quantitative estimate of drug-likeness (QED) is 0.832. The van der Waals surface area contributed by atoms with E-state index in [2.05, 4.69) is 19.0 Å². The van der Waals surface area contributed by atoms with Crippen molar-refractivity contribution in [3.8, 4) is 0 Å². The molecule has 1 spiro atoms. The first kappa shape index (κ1) is 15.1. The average Bonchev–Trinajstić information content (AvgIpc) is 3.19. The zero-order chi connectivity index (χ0) is 15.5. The summed E-state index contributed by atoms with van der Waals surface area (Å²) in [6, 6.07) is 3.49. The second-order valence-electron chi connectivity index (χ2n) is 7.02. The van der Waals surface area contributed by atoms with Gasteiger partial charge in [0.05, 0.1) is 11.7 Å². The highest BCUT2D eigenvalue weighted by molar-refractivity contribution is 7.91. The molecule has 4 atom stereocenters. The van der Waals surface area contributed by atoms with Gasteiger partial charge in [-0.1, -0.05) is 6.07 Å². The first-order valence-electron chi connectivity index (χ1n) is 7.79. The van der Waals surface area contributed by atoms with Crippen LogP contribution in [-0.2, 0) is 14.8 Å². The van der Waals surface area contributed by atoms with Crippen LogP contribution in [-0.4, -0.2) is 63.1 Å². The second-order valence-corrected chi connectivity index (χ2v) is 10.1. The molecule has 5 nitrogen and oxygen atoms in total. The first-order chi connectivity index (χ1) is 10.4. The van der Waals surface area contributed by atoms with E-state index >= 15 is 0 Å². The lowest BCUT2D eigenvalue weighted by Crippen LogP contribution is -2.40. The molecule has 3 aliphatic heterocycles. The number of rotatable bonds is 4. The molecule has 3 saturated heterocycles. The van der Waals surface area contributed by atoms with Crippen LogP contribution in [0, 0.1) is 11.8 Å². The van der Waals surface area contributed by atoms with Gasteiger partial charge in [0.1, 0.15) is 4.21 Å². The van der Waals surface area contributed by atoms with Crippen LogP contribution in [0.1, 0.15) is 12.8 Å². The maximum Gasteiger partial charge on any atom is 0.252 e. The molecule has 1 aromatic heterocycles. The summed E-state index contributed by atoms with van der Waals surface area (Å²) in [7, 11) is 0.794. The number of ether oxygens (including phenoxy) is 1. The minimum atomic E-state index is -3.36. The minimum absolute atomic E-state index is 0.227. The van der Waals surface area contributed by atoms with E-state index < -0.39 is 10.0 Å². The molecule has 0 aromatic carbocycles. The zero-order valence-electron chi connectivity index (χ0n) is 12.9. The Kier molecular flexibility index (Phi) is 3.44. The fraction of sp³-hybridized carbons (Fsp3) is 0.733. The number of hydrogen-bond acceptors (Lipinski definition) is 5. The molecule has 1 aromatic rings. The van der Waals surface area contributed by atoms with Gasteiger partial charge in [0.2, 0.25) is 0 Å². The van der Waals surface area contributed by atoms with E-state index in [0.29, 0.717) is 35.2 Å². The van der Waals surface area contributed by atoms with Gasteiger partial charge in [-0.25, -0.2) is 8.42 Å². The predicted molar refractivity (Wildman–Crippen MR) is 85.4 cm³/mol. The van der Waals surface area contributed by atoms with Crippen LogP contribution in [0.3, 0.4) is 0 Å². The van der Waals surface area contributed by atoms with Gasteiger partial charge in [-0.3, -0.25) is 0 Å². The normalized spacial score (nSPS) is 38.0. The molecule has 0 unspecified atom stereocenters. The third-order valence-electron chi connectivity index (χ3n) is 5.42. The molecule has 7 heteroatoms. The number of thiophene rings is 1. The summed E-state index contributed by atoms with van der Waals surface area (Å²) in [5.74, 6) is 0.788. The van der Waals surface area contributed by atoms with Crippen LogP contribution in [0.25, 0.3) is 0 Å². The third-order valence-corrected chi connectivity index (χ3v) is 8.60. The van der Waals surface area contributed by atoms with Crippen LogP contribution in [0.2, 0.25) is 0 Å². The molecule has 0 amide bonds. The molecule has 4 rings (SSSR count). The van der Waals surface area contributed by atoms with Crippen molar-refractivity contribution in [2.75, 3.05) is 33.7 Å². The van der Waals surface area contributed by atoms with Crippen molar-refractivity contribution in [1.29, 1.82) is 0 Å². The Morgan fingerprint density at radius 1 is 1.50 bits per heavy atom. The second kappa shape index (κ2) is 5.01. The molecule has 22 heavy (non-hydrogen) atoms. The summed E-state index contributed by atoms with van der Waals surface area (Å²) in [4.78, 5) is 2.19. The molecular formula is C15H22N2O3S2. The third kappa shape index (κ3) is 2.10. The summed E-state index contributed by atoms with van der Waals surface area (Å²) < 4.78 is 34.0. The molecular weight excluding hydrogens is 320 g/mol. The Morgan fingerprint density at radius 2 is 2.32 bits per heavy atom. The molecule has 0 N–H and O–H groups in total. The molecule has 0 saturated carbocycles. The highest BCUT2D eigenvalue weighted by Crippen LogP contribution is 2.55. The van der Waals surface area contributed by atoms with Gasteiger partial charge in [-0.2, -0.15) is 4.31 Å². The predicted octanol–water partition coefficient (Wildman–Crippen LogP) is 1.48. The Hall–Kier alpha value is -0.470. The standard InChI is InChI=1S/C15H22N2O3S2/c1-16(2)8-11-12-9-17(10-15(12)6-5-13(11)20-15)22(18,19)14-4-3-7-21-14/h3-4,7,11-13H,5-6,8-10H2,1-2H3/t11-,12+,13+,15+/m0/s1. The number of sulfonamides is 1. The first-order valence-corrected chi connectivity index (χ1v) is 10.1. The van der Waals surface area contributed by atoms with Crippen LogP contribution in [0.15, 0.2) is 21.7 Å². The SMILES string of the molecule is CN(C)C[C@H]1[C@H]2CN(S(=O)(=O)c3cccs3)C[C@]23CC[C@H]1O3. The topological polar surface area (TPSA) is 49.9 Å². The molecule has 122 valence electrons. The van der Waals surface area contributed by atoms with E-state index in [1.165, 1.54) is 11.3 Å². The maximum atomic E-state index is 12.8. The van der Waals surface area contributed by atoms with Gasteiger partial charge in [0.25, 0.3) is 10.0 Å². The van der Waals surface area contributed by atoms with Crippen molar-refractivity contribution in [2.24, 2.45) is 11.8 Å². The van der Waals surface area contributed by atoms with Gasteiger partial charge in [-0.05, 0) is 38.4 Å². The molecule has 0 aliphatic carbocycles. The van der Waals surface area contributed by atoms with Gasteiger partial charge in [-0.15, -0.1) is 11.3 Å². The monoisotopic (exact) mass is 342 g/mol. The van der Waals surface area contributed by atoms with Crippen LogP contribution < -0.4 is 0 Å². The van der Waals surface area contributed by atoms with Gasteiger partial charge in [0, 0.05) is 31.5 Å². The Morgan fingerprint density at radius 3 is 3.00 bits per heavy atom. The average molecular weight is 342 g/mol. The van der Waals surface area contributed by atoms with Gasteiger partial charge < -0.3 is 9.64 Å². The molecule has 2 bridgehead atoms. The largest absolute Gasteiger partial charge is 0.370 e. The fourth-order valence-electron chi connectivity index (χ4n) is 4.53. The smallest absolute Gasteiger partial charge is 0.252 e. The van der Waals surface area contributed by atoms with E-state index in [1.54, 1.807) is 16.4 Å². The molecule has 4 heterocycles. The summed E-state index contributed by atoms with van der Waals surface area (Å²) >= 11 is 1.29. The lowest BCUT2D eigenvalue weighted by molar-refractivity contribution is 0.00740. The number of fused-ring (bicyclic) bond motifs is 1. The summed E-state index contributed by atoms with van der Waals surface area (Å²) in [5, 5.41) is 1.82. The zero-order valence-corrected chi connectivity index (χ0v) is 14.6. The van der Waals surface area contributed by atoms with Crippen LogP contribution in [0.4, 0.5) is 0 Å². The Labute approximate surface area is 135 Å². The molecule has 0 radical (unpaired) electrons. The highest BCUT2D eigenvalue weighted by Gasteiger charge is 2.64. The van der Waals surface area contributed by atoms with E-state index in [0.717, 1.165) is 19.4 Å². The van der Waals surface area contributed by atoms with Crippen molar-refractivity contribution in [2.45, 2.75) is 28.8 Å². The van der Waals surface area contributed by atoms with E-state index in [9.17, 15) is 8.42 Å². The summed E-state index contributed by atoms with van der Waals surface area (Å²) in [5.41, 5.74) is -0.227. The van der Waals surface area contributed by atoms with E-state index in [4.69, 9.17) is 4.74 Å². The maximum absolute atomic E-state index is 12.8. The Balaban J connectivity index is 1.61. The fourth-order valence-corrected chi connectivity index (χ4v) is 7.20. The minimum Gasteiger partial charge on any atom is -0.370 e.